The summed E-state index contributed by atoms with van der Waals surface area (Å²) in [5.41, 5.74) is 0.259. The molecule has 0 fully saturated rings. The lowest BCUT2D eigenvalue weighted by molar-refractivity contribution is -0.130. The van der Waals surface area contributed by atoms with Crippen molar-refractivity contribution in [2.24, 2.45) is 0 Å². The third-order valence-corrected chi connectivity index (χ3v) is 4.11. The van der Waals surface area contributed by atoms with Gasteiger partial charge in [-0.25, -0.2) is 9.59 Å². The first-order valence-corrected chi connectivity index (χ1v) is 9.75. The number of carbonyl (C=O) groups is 3. The summed E-state index contributed by atoms with van der Waals surface area (Å²) in [5.74, 6) is -0.270. The van der Waals surface area contributed by atoms with Gasteiger partial charge in [0.05, 0.1) is 5.56 Å². The van der Waals surface area contributed by atoms with Crippen LogP contribution in [0.25, 0.3) is 0 Å². The number of alkyl carbamates (subject to hydrolysis) is 1. The number of nitrogens with zero attached hydrogens (tertiary/aromatic N) is 1. The Morgan fingerprint density at radius 3 is 2.23 bits per heavy atom. The highest BCUT2D eigenvalue weighted by Gasteiger charge is 2.26. The third-order valence-electron chi connectivity index (χ3n) is 4.11. The lowest BCUT2D eigenvalue weighted by atomic mass is 10.0. The minimum Gasteiger partial charge on any atom is -0.478 e. The van der Waals surface area contributed by atoms with Crippen molar-refractivity contribution >= 4 is 18.0 Å². The van der Waals surface area contributed by atoms with Crippen molar-refractivity contribution in [2.75, 3.05) is 14.1 Å². The highest BCUT2D eigenvalue weighted by molar-refractivity contribution is 5.87. The topological polar surface area (TPSA) is 105 Å². The van der Waals surface area contributed by atoms with Crippen molar-refractivity contribution in [1.29, 1.82) is 0 Å². The SMILES string of the molecule is CN(C)C(=O)C(Cc1cccc(Oc2ccc(C(=O)O)cc2)c1)NC(=O)OC(C)(C)C. The molecular weight excluding hydrogens is 400 g/mol. The maximum absolute atomic E-state index is 12.6. The van der Waals surface area contributed by atoms with Gasteiger partial charge < -0.3 is 24.8 Å². The lowest BCUT2D eigenvalue weighted by Gasteiger charge is -2.25. The van der Waals surface area contributed by atoms with Gasteiger partial charge in [0.25, 0.3) is 0 Å². The Hall–Kier alpha value is -3.55. The second-order valence-electron chi connectivity index (χ2n) is 8.21. The Bertz CT molecular complexity index is 932. The lowest BCUT2D eigenvalue weighted by Crippen LogP contribution is -2.48. The zero-order valence-electron chi connectivity index (χ0n) is 18.3. The molecule has 0 saturated heterocycles. The summed E-state index contributed by atoms with van der Waals surface area (Å²) in [6, 6.07) is 12.4. The van der Waals surface area contributed by atoms with E-state index >= 15 is 0 Å². The molecule has 0 heterocycles. The maximum atomic E-state index is 12.6. The number of nitrogens with one attached hydrogen (secondary N) is 1. The van der Waals surface area contributed by atoms with Gasteiger partial charge in [-0.05, 0) is 62.7 Å². The number of carbonyl (C=O) groups excluding carboxylic acids is 2. The molecule has 2 aromatic rings. The normalized spacial score (nSPS) is 11.9. The highest BCUT2D eigenvalue weighted by Crippen LogP contribution is 2.23. The van der Waals surface area contributed by atoms with Crippen LogP contribution in [0, 0.1) is 0 Å². The van der Waals surface area contributed by atoms with Crippen molar-refractivity contribution in [3.8, 4) is 11.5 Å². The van der Waals surface area contributed by atoms with E-state index in [1.165, 1.54) is 17.0 Å². The average Bonchev–Trinajstić information content (AvgIpc) is 2.66. The third kappa shape index (κ3) is 7.65. The molecule has 2 rings (SSSR count). The molecule has 2 amide bonds. The number of hydrogen-bond acceptors (Lipinski definition) is 5. The molecule has 1 atom stereocenters. The van der Waals surface area contributed by atoms with Crippen molar-refractivity contribution in [1.82, 2.24) is 10.2 Å². The fourth-order valence-corrected chi connectivity index (χ4v) is 2.73. The number of ether oxygens (including phenoxy) is 2. The molecule has 166 valence electrons. The van der Waals surface area contributed by atoms with Crippen LogP contribution in [0.5, 0.6) is 11.5 Å². The van der Waals surface area contributed by atoms with Gasteiger partial charge in [-0.1, -0.05) is 12.1 Å². The quantitative estimate of drug-likeness (QED) is 0.697. The van der Waals surface area contributed by atoms with Crippen LogP contribution in [-0.2, 0) is 16.0 Å². The molecule has 0 spiro atoms. The smallest absolute Gasteiger partial charge is 0.408 e. The number of benzene rings is 2. The van der Waals surface area contributed by atoms with Gasteiger partial charge >= 0.3 is 12.1 Å². The van der Waals surface area contributed by atoms with Gasteiger partial charge in [0.15, 0.2) is 0 Å². The second-order valence-corrected chi connectivity index (χ2v) is 8.21. The molecule has 0 radical (unpaired) electrons. The minimum absolute atomic E-state index is 0.166. The van der Waals surface area contributed by atoms with E-state index in [-0.39, 0.29) is 17.9 Å². The molecule has 0 aromatic heterocycles. The van der Waals surface area contributed by atoms with E-state index in [0.717, 1.165) is 5.56 Å². The van der Waals surface area contributed by atoms with Gasteiger partial charge in [0.1, 0.15) is 23.1 Å². The number of rotatable bonds is 7. The number of likely N-dealkylation sites (N-methyl/N-ethyl adjacent to an activating group) is 1. The summed E-state index contributed by atoms with van der Waals surface area (Å²) in [7, 11) is 3.23. The predicted molar refractivity (Wildman–Crippen MR) is 115 cm³/mol. The summed E-state index contributed by atoms with van der Waals surface area (Å²) in [5, 5.41) is 11.6. The molecule has 0 saturated carbocycles. The monoisotopic (exact) mass is 428 g/mol. The highest BCUT2D eigenvalue weighted by atomic mass is 16.6. The van der Waals surface area contributed by atoms with Crippen molar-refractivity contribution in [3.63, 3.8) is 0 Å². The van der Waals surface area contributed by atoms with E-state index in [1.807, 2.05) is 6.07 Å². The van der Waals surface area contributed by atoms with Crippen LogP contribution in [0.3, 0.4) is 0 Å². The zero-order valence-corrected chi connectivity index (χ0v) is 18.3. The van der Waals surface area contributed by atoms with Crippen LogP contribution in [0.4, 0.5) is 4.79 Å². The maximum Gasteiger partial charge on any atom is 0.408 e. The molecule has 31 heavy (non-hydrogen) atoms. The summed E-state index contributed by atoms with van der Waals surface area (Å²) < 4.78 is 11.1. The van der Waals surface area contributed by atoms with Crippen LogP contribution < -0.4 is 10.1 Å². The first-order chi connectivity index (χ1) is 14.4. The molecule has 0 aliphatic carbocycles. The van der Waals surface area contributed by atoms with Crippen LogP contribution in [0.2, 0.25) is 0 Å². The Balaban J connectivity index is 2.14. The molecule has 0 aliphatic rings. The summed E-state index contributed by atoms with van der Waals surface area (Å²) in [6.07, 6.45) is -0.426. The Morgan fingerprint density at radius 2 is 1.68 bits per heavy atom. The zero-order chi connectivity index (χ0) is 23.2. The number of aromatic carboxylic acids is 1. The van der Waals surface area contributed by atoms with E-state index in [0.29, 0.717) is 11.5 Å². The molecule has 0 bridgehead atoms. The molecular formula is C23H28N2O6. The van der Waals surface area contributed by atoms with Gasteiger partial charge in [-0.3, -0.25) is 4.79 Å². The molecule has 8 heteroatoms. The summed E-state index contributed by atoms with van der Waals surface area (Å²) in [4.78, 5) is 37.2. The Morgan fingerprint density at radius 1 is 1.03 bits per heavy atom. The van der Waals surface area contributed by atoms with Gasteiger partial charge in [-0.15, -0.1) is 0 Å². The molecule has 0 aliphatic heterocycles. The molecule has 8 nitrogen and oxygen atoms in total. The van der Waals surface area contributed by atoms with Gasteiger partial charge in [-0.2, -0.15) is 0 Å². The van der Waals surface area contributed by atoms with E-state index < -0.39 is 23.7 Å². The van der Waals surface area contributed by atoms with Crippen molar-refractivity contribution in [3.05, 3.63) is 59.7 Å². The first-order valence-electron chi connectivity index (χ1n) is 9.75. The van der Waals surface area contributed by atoms with Crippen LogP contribution in [-0.4, -0.2) is 53.7 Å². The second kappa shape index (κ2) is 9.97. The fourth-order valence-electron chi connectivity index (χ4n) is 2.73. The Labute approximate surface area is 181 Å². The number of hydrogen-bond donors (Lipinski definition) is 2. The van der Waals surface area contributed by atoms with Crippen LogP contribution in [0.15, 0.2) is 48.5 Å². The fraction of sp³-hybridized carbons (Fsp3) is 0.348. The number of carboxylic acid groups (broad SMARTS) is 1. The summed E-state index contributed by atoms with van der Waals surface area (Å²) >= 11 is 0. The molecule has 2 N–H and O–H groups in total. The summed E-state index contributed by atoms with van der Waals surface area (Å²) in [6.45, 7) is 5.25. The standard InChI is InChI=1S/C23H28N2O6/c1-23(2,3)31-22(29)24-19(20(26)25(4)5)14-15-7-6-8-18(13-15)30-17-11-9-16(10-12-17)21(27)28/h6-13,19H,14H2,1-5H3,(H,24,29)(H,27,28). The van der Waals surface area contributed by atoms with Crippen LogP contribution >= 0.6 is 0 Å². The van der Waals surface area contributed by atoms with Crippen molar-refractivity contribution in [2.45, 2.75) is 38.8 Å². The van der Waals surface area contributed by atoms with E-state index in [9.17, 15) is 14.4 Å². The molecule has 1 unspecified atom stereocenters. The van der Waals surface area contributed by atoms with Gasteiger partial charge in [0, 0.05) is 20.5 Å². The van der Waals surface area contributed by atoms with Crippen molar-refractivity contribution < 1.29 is 29.0 Å². The van der Waals surface area contributed by atoms with Gasteiger partial charge in [0.2, 0.25) is 5.91 Å². The molecule has 2 aromatic carbocycles. The van der Waals surface area contributed by atoms with E-state index in [1.54, 1.807) is 65.2 Å². The Kier molecular flexibility index (Phi) is 7.63. The van der Waals surface area contributed by atoms with E-state index in [2.05, 4.69) is 5.32 Å². The van der Waals surface area contributed by atoms with Crippen LogP contribution in [0.1, 0.15) is 36.7 Å². The minimum atomic E-state index is -1.01. The number of carboxylic acids is 1. The number of amides is 2. The largest absolute Gasteiger partial charge is 0.478 e. The first kappa shape index (κ1) is 23.7. The predicted octanol–water partition coefficient (Wildman–Crippen LogP) is 3.70. The van der Waals surface area contributed by atoms with E-state index in [4.69, 9.17) is 14.6 Å². The average molecular weight is 428 g/mol.